The molecule has 0 radical (unpaired) electrons. The Morgan fingerprint density at radius 3 is 2.67 bits per heavy atom. The fraction of sp³-hybridized carbons (Fsp3) is 0.667. The van der Waals surface area contributed by atoms with E-state index in [1.54, 1.807) is 6.92 Å². The van der Waals surface area contributed by atoms with E-state index in [0.717, 1.165) is 17.9 Å². The molecule has 82 valence electrons. The van der Waals surface area contributed by atoms with E-state index < -0.39 is 0 Å². The van der Waals surface area contributed by atoms with E-state index in [1.807, 2.05) is 17.7 Å². The molecule has 1 aliphatic carbocycles. The second-order valence-corrected chi connectivity index (χ2v) is 4.31. The number of nitrogens with zero attached hydrogens (tertiary/aromatic N) is 2. The van der Waals surface area contributed by atoms with Crippen LogP contribution in [-0.2, 0) is 6.54 Å². The summed E-state index contributed by atoms with van der Waals surface area (Å²) in [5.74, 6) is 0.712. The highest BCUT2D eigenvalue weighted by Gasteiger charge is 2.21. The zero-order valence-corrected chi connectivity index (χ0v) is 9.49. The number of carbonyl (C=O) groups is 1. The molecule has 3 heteroatoms. The van der Waals surface area contributed by atoms with Crippen molar-refractivity contribution in [3.05, 3.63) is 17.5 Å². The van der Waals surface area contributed by atoms with Gasteiger partial charge in [0.25, 0.3) is 0 Å². The molecule has 0 atom stereocenters. The van der Waals surface area contributed by atoms with Gasteiger partial charge in [0.05, 0.1) is 5.69 Å². The lowest BCUT2D eigenvalue weighted by Crippen LogP contribution is -2.06. The molecule has 1 aromatic rings. The predicted octanol–water partition coefficient (Wildman–Crippen LogP) is 2.76. The van der Waals surface area contributed by atoms with Crippen LogP contribution in [0.4, 0.5) is 0 Å². The van der Waals surface area contributed by atoms with Gasteiger partial charge in [0.15, 0.2) is 5.78 Å². The number of aromatic nitrogens is 2. The van der Waals surface area contributed by atoms with Crippen molar-refractivity contribution < 1.29 is 4.79 Å². The Hall–Kier alpha value is -1.12. The largest absolute Gasteiger partial charge is 0.293 e. The number of carbonyl (C=O) groups excluding carboxylic acids is 1. The van der Waals surface area contributed by atoms with Gasteiger partial charge >= 0.3 is 0 Å². The lowest BCUT2D eigenvalue weighted by atomic mass is 10.0. The van der Waals surface area contributed by atoms with Crippen LogP contribution in [-0.4, -0.2) is 15.6 Å². The van der Waals surface area contributed by atoms with Crippen LogP contribution in [0.15, 0.2) is 6.07 Å². The van der Waals surface area contributed by atoms with Gasteiger partial charge in [0, 0.05) is 19.4 Å². The lowest BCUT2D eigenvalue weighted by molar-refractivity contribution is 0.100. The molecular formula is C12H18N2O. The van der Waals surface area contributed by atoms with E-state index in [0.29, 0.717) is 5.92 Å². The van der Waals surface area contributed by atoms with Crippen molar-refractivity contribution in [1.82, 2.24) is 9.78 Å². The van der Waals surface area contributed by atoms with E-state index >= 15 is 0 Å². The standard InChI is InChI=1S/C12H18N2O/c1-3-14-12(9(2)15)8-11(13-14)10-6-4-5-7-10/h8,10H,3-7H2,1-2H3. The Bertz CT molecular complexity index is 362. The molecule has 0 saturated heterocycles. The molecule has 1 heterocycles. The zero-order chi connectivity index (χ0) is 10.8. The molecule has 0 amide bonds. The van der Waals surface area contributed by atoms with Crippen molar-refractivity contribution in [2.24, 2.45) is 0 Å². The first-order chi connectivity index (χ1) is 7.22. The summed E-state index contributed by atoms with van der Waals surface area (Å²) in [7, 11) is 0. The summed E-state index contributed by atoms with van der Waals surface area (Å²) in [6.45, 7) is 4.42. The second kappa shape index (κ2) is 4.17. The topological polar surface area (TPSA) is 34.9 Å². The van der Waals surface area contributed by atoms with Crippen molar-refractivity contribution in [1.29, 1.82) is 0 Å². The summed E-state index contributed by atoms with van der Waals surface area (Å²) in [4.78, 5) is 11.4. The summed E-state index contributed by atoms with van der Waals surface area (Å²) >= 11 is 0. The fourth-order valence-electron chi connectivity index (χ4n) is 2.38. The Morgan fingerprint density at radius 1 is 1.53 bits per heavy atom. The van der Waals surface area contributed by atoms with E-state index in [1.165, 1.54) is 25.7 Å². The van der Waals surface area contributed by atoms with Gasteiger partial charge < -0.3 is 0 Å². The van der Waals surface area contributed by atoms with Crippen molar-refractivity contribution in [2.45, 2.75) is 52.0 Å². The highest BCUT2D eigenvalue weighted by Crippen LogP contribution is 2.33. The molecule has 3 nitrogen and oxygen atoms in total. The fourth-order valence-corrected chi connectivity index (χ4v) is 2.38. The summed E-state index contributed by atoms with van der Waals surface area (Å²) in [6.07, 6.45) is 5.08. The number of aryl methyl sites for hydroxylation is 1. The maximum absolute atomic E-state index is 11.4. The number of rotatable bonds is 3. The molecule has 1 fully saturated rings. The third-order valence-corrected chi connectivity index (χ3v) is 3.23. The predicted molar refractivity (Wildman–Crippen MR) is 59.1 cm³/mol. The van der Waals surface area contributed by atoms with Crippen LogP contribution < -0.4 is 0 Å². The van der Waals surface area contributed by atoms with Crippen molar-refractivity contribution in [2.75, 3.05) is 0 Å². The third-order valence-electron chi connectivity index (χ3n) is 3.23. The summed E-state index contributed by atoms with van der Waals surface area (Å²) in [5.41, 5.74) is 1.89. The maximum Gasteiger partial charge on any atom is 0.177 e. The molecule has 0 aliphatic heterocycles. The van der Waals surface area contributed by atoms with Gasteiger partial charge in [-0.2, -0.15) is 5.10 Å². The molecule has 15 heavy (non-hydrogen) atoms. The number of hydrogen-bond donors (Lipinski definition) is 0. The smallest absolute Gasteiger partial charge is 0.177 e. The molecular weight excluding hydrogens is 188 g/mol. The first kappa shape index (κ1) is 10.4. The van der Waals surface area contributed by atoms with Crippen LogP contribution in [0.25, 0.3) is 0 Å². The highest BCUT2D eigenvalue weighted by atomic mass is 16.1. The Morgan fingerprint density at radius 2 is 2.20 bits per heavy atom. The third kappa shape index (κ3) is 1.96. The summed E-state index contributed by atoms with van der Waals surface area (Å²) in [6, 6.07) is 1.99. The zero-order valence-electron chi connectivity index (χ0n) is 9.49. The Labute approximate surface area is 90.5 Å². The number of Topliss-reactive ketones (excluding diaryl/α,β-unsaturated/α-hetero) is 1. The van der Waals surface area contributed by atoms with Gasteiger partial charge in [-0.3, -0.25) is 9.48 Å². The normalized spacial score (nSPS) is 17.2. The minimum atomic E-state index is 0.119. The van der Waals surface area contributed by atoms with Crippen LogP contribution in [0.2, 0.25) is 0 Å². The van der Waals surface area contributed by atoms with Crippen LogP contribution >= 0.6 is 0 Å². The Balaban J connectivity index is 2.29. The molecule has 0 bridgehead atoms. The first-order valence-electron chi connectivity index (χ1n) is 5.81. The van der Waals surface area contributed by atoms with E-state index in [9.17, 15) is 4.79 Å². The van der Waals surface area contributed by atoms with Crippen LogP contribution in [0.5, 0.6) is 0 Å². The quantitative estimate of drug-likeness (QED) is 0.713. The van der Waals surface area contributed by atoms with Crippen molar-refractivity contribution >= 4 is 5.78 Å². The minimum Gasteiger partial charge on any atom is -0.293 e. The maximum atomic E-state index is 11.4. The van der Waals surface area contributed by atoms with E-state index in [2.05, 4.69) is 5.10 Å². The molecule has 0 aromatic carbocycles. The second-order valence-electron chi connectivity index (χ2n) is 4.31. The van der Waals surface area contributed by atoms with Gasteiger partial charge in [-0.1, -0.05) is 12.8 Å². The molecule has 2 rings (SSSR count). The molecule has 1 aromatic heterocycles. The van der Waals surface area contributed by atoms with Gasteiger partial charge in [0.1, 0.15) is 5.69 Å². The van der Waals surface area contributed by atoms with E-state index in [-0.39, 0.29) is 5.78 Å². The van der Waals surface area contributed by atoms with Gasteiger partial charge in [-0.15, -0.1) is 0 Å². The van der Waals surface area contributed by atoms with Crippen LogP contribution in [0.3, 0.4) is 0 Å². The van der Waals surface area contributed by atoms with Crippen molar-refractivity contribution in [3.63, 3.8) is 0 Å². The number of ketones is 1. The van der Waals surface area contributed by atoms with Crippen molar-refractivity contribution in [3.8, 4) is 0 Å². The molecule has 1 saturated carbocycles. The van der Waals surface area contributed by atoms with E-state index in [4.69, 9.17) is 0 Å². The highest BCUT2D eigenvalue weighted by molar-refractivity contribution is 5.92. The van der Waals surface area contributed by atoms with Gasteiger partial charge in [-0.25, -0.2) is 0 Å². The van der Waals surface area contributed by atoms with Crippen LogP contribution in [0.1, 0.15) is 61.6 Å². The molecule has 0 unspecified atom stereocenters. The molecule has 0 spiro atoms. The Kier molecular flexibility index (Phi) is 2.89. The van der Waals surface area contributed by atoms with Crippen LogP contribution in [0, 0.1) is 0 Å². The average Bonchev–Trinajstić information content (AvgIpc) is 2.86. The monoisotopic (exact) mass is 206 g/mol. The van der Waals surface area contributed by atoms with Gasteiger partial charge in [0.2, 0.25) is 0 Å². The SMILES string of the molecule is CCn1nc(C2CCCC2)cc1C(C)=O. The lowest BCUT2D eigenvalue weighted by Gasteiger charge is -2.03. The minimum absolute atomic E-state index is 0.119. The summed E-state index contributed by atoms with van der Waals surface area (Å²) < 4.78 is 1.83. The summed E-state index contributed by atoms with van der Waals surface area (Å²) in [5, 5.41) is 4.53. The van der Waals surface area contributed by atoms with Gasteiger partial charge in [-0.05, 0) is 25.8 Å². The molecule has 0 N–H and O–H groups in total. The molecule has 1 aliphatic rings. The first-order valence-corrected chi connectivity index (χ1v) is 5.81. The average molecular weight is 206 g/mol. The number of hydrogen-bond acceptors (Lipinski definition) is 2.